The quantitative estimate of drug-likeness (QED) is 0.526. The Morgan fingerprint density at radius 2 is 1.96 bits per heavy atom. The van der Waals surface area contributed by atoms with Gasteiger partial charge in [0.1, 0.15) is 5.82 Å². The average Bonchev–Trinajstić information content (AvgIpc) is 3.01. The number of hydrogen-bond donors (Lipinski definition) is 2. The van der Waals surface area contributed by atoms with Crippen molar-refractivity contribution in [1.82, 2.24) is 15.0 Å². The van der Waals surface area contributed by atoms with Crippen molar-refractivity contribution in [3.63, 3.8) is 0 Å². The first kappa shape index (κ1) is 17.4. The lowest BCUT2D eigenvalue weighted by molar-refractivity contribution is -0.113. The van der Waals surface area contributed by atoms with Crippen molar-refractivity contribution in [2.45, 2.75) is 19.0 Å². The van der Waals surface area contributed by atoms with Crippen molar-refractivity contribution in [1.29, 1.82) is 0 Å². The molecule has 0 atom stereocenters. The molecule has 0 radical (unpaired) electrons. The highest BCUT2D eigenvalue weighted by Crippen LogP contribution is 2.25. The van der Waals surface area contributed by atoms with Gasteiger partial charge in [-0.1, -0.05) is 41.6 Å². The molecule has 0 fully saturated rings. The van der Waals surface area contributed by atoms with Gasteiger partial charge >= 0.3 is 0 Å². The van der Waals surface area contributed by atoms with E-state index in [4.69, 9.17) is 5.73 Å². The topological polar surface area (TPSA) is 93.8 Å². The first-order valence-corrected chi connectivity index (χ1v) is 9.42. The number of nitrogen functional groups attached to an aromatic ring is 1. The Morgan fingerprint density at radius 3 is 2.68 bits per heavy atom. The van der Waals surface area contributed by atoms with Crippen molar-refractivity contribution < 1.29 is 4.79 Å². The average molecular weight is 371 g/mol. The molecule has 128 valence electrons. The summed E-state index contributed by atoms with van der Waals surface area (Å²) < 4.78 is 0. The third-order valence-electron chi connectivity index (χ3n) is 3.28. The standard InChI is InChI=1S/C17H17N5OS2/c1-10-3-5-12(6-4-10)13-8-24-17(20-13)22-15(23)9-25-16-19-11(2)7-14(18)21-16/h3-8H,9H2,1-2H3,(H2,18,19,21)(H,20,22,23). The molecule has 1 aromatic carbocycles. The van der Waals surface area contributed by atoms with Crippen LogP contribution in [-0.4, -0.2) is 26.6 Å². The molecule has 0 unspecified atom stereocenters. The van der Waals surface area contributed by atoms with E-state index in [0.717, 1.165) is 17.0 Å². The Labute approximate surface area is 153 Å². The summed E-state index contributed by atoms with van der Waals surface area (Å²) in [4.78, 5) is 24.9. The van der Waals surface area contributed by atoms with Gasteiger partial charge < -0.3 is 11.1 Å². The number of benzene rings is 1. The van der Waals surface area contributed by atoms with Gasteiger partial charge in [0.2, 0.25) is 5.91 Å². The maximum atomic E-state index is 12.1. The van der Waals surface area contributed by atoms with E-state index in [0.29, 0.717) is 16.1 Å². The summed E-state index contributed by atoms with van der Waals surface area (Å²) in [5.74, 6) is 0.444. The van der Waals surface area contributed by atoms with E-state index in [-0.39, 0.29) is 11.7 Å². The van der Waals surface area contributed by atoms with Gasteiger partial charge in [-0.15, -0.1) is 11.3 Å². The minimum absolute atomic E-state index is 0.154. The van der Waals surface area contributed by atoms with Gasteiger partial charge in [0.25, 0.3) is 0 Å². The number of amides is 1. The van der Waals surface area contributed by atoms with Gasteiger partial charge in [-0.05, 0) is 13.8 Å². The fraction of sp³-hybridized carbons (Fsp3) is 0.176. The molecule has 3 aromatic rings. The molecule has 0 saturated carbocycles. The lowest BCUT2D eigenvalue weighted by atomic mass is 10.1. The van der Waals surface area contributed by atoms with Crippen LogP contribution in [0.15, 0.2) is 40.9 Å². The van der Waals surface area contributed by atoms with Crippen LogP contribution in [0.3, 0.4) is 0 Å². The summed E-state index contributed by atoms with van der Waals surface area (Å²) in [6, 6.07) is 9.80. The minimum atomic E-state index is -0.154. The molecule has 8 heteroatoms. The number of carbonyl (C=O) groups excluding carboxylic acids is 1. The normalized spacial score (nSPS) is 10.6. The Kier molecular flexibility index (Phi) is 5.30. The zero-order valence-corrected chi connectivity index (χ0v) is 15.4. The fourth-order valence-corrected chi connectivity index (χ4v) is 3.55. The summed E-state index contributed by atoms with van der Waals surface area (Å²) in [5, 5.41) is 5.80. The number of nitrogens with one attached hydrogen (secondary N) is 1. The van der Waals surface area contributed by atoms with Gasteiger partial charge in [-0.25, -0.2) is 15.0 Å². The lowest BCUT2D eigenvalue weighted by Crippen LogP contribution is -2.14. The number of hydrogen-bond acceptors (Lipinski definition) is 7. The number of thiazole rings is 1. The molecule has 3 N–H and O–H groups in total. The first-order chi connectivity index (χ1) is 12.0. The molecule has 0 bridgehead atoms. The summed E-state index contributed by atoms with van der Waals surface area (Å²) in [5.41, 5.74) is 9.53. The molecule has 2 aromatic heterocycles. The van der Waals surface area contributed by atoms with E-state index in [2.05, 4.69) is 20.3 Å². The fourth-order valence-electron chi connectivity index (χ4n) is 2.10. The Balaban J connectivity index is 1.59. The second-order valence-electron chi connectivity index (χ2n) is 5.46. The Hall–Kier alpha value is -2.45. The first-order valence-electron chi connectivity index (χ1n) is 7.56. The number of thioether (sulfide) groups is 1. The smallest absolute Gasteiger partial charge is 0.236 e. The number of nitrogens with zero attached hydrogens (tertiary/aromatic N) is 3. The van der Waals surface area contributed by atoms with E-state index < -0.39 is 0 Å². The molecule has 0 aliphatic heterocycles. The van der Waals surface area contributed by atoms with Crippen molar-refractivity contribution in [2.24, 2.45) is 0 Å². The highest BCUT2D eigenvalue weighted by atomic mass is 32.2. The summed E-state index contributed by atoms with van der Waals surface area (Å²) in [7, 11) is 0. The number of carbonyl (C=O) groups is 1. The molecule has 0 aliphatic carbocycles. The second-order valence-corrected chi connectivity index (χ2v) is 7.26. The molecule has 1 amide bonds. The predicted molar refractivity (Wildman–Crippen MR) is 103 cm³/mol. The lowest BCUT2D eigenvalue weighted by Gasteiger charge is -2.03. The second kappa shape index (κ2) is 7.62. The number of rotatable bonds is 5. The maximum Gasteiger partial charge on any atom is 0.236 e. The van der Waals surface area contributed by atoms with E-state index in [1.165, 1.54) is 28.7 Å². The zero-order valence-electron chi connectivity index (χ0n) is 13.8. The molecular weight excluding hydrogens is 354 g/mol. The van der Waals surface area contributed by atoms with Gasteiger partial charge in [-0.3, -0.25) is 4.79 Å². The molecule has 25 heavy (non-hydrogen) atoms. The maximum absolute atomic E-state index is 12.1. The van der Waals surface area contributed by atoms with E-state index in [1.54, 1.807) is 6.07 Å². The van der Waals surface area contributed by atoms with Crippen LogP contribution in [0.25, 0.3) is 11.3 Å². The highest BCUT2D eigenvalue weighted by molar-refractivity contribution is 7.99. The van der Waals surface area contributed by atoms with Crippen molar-refractivity contribution >= 4 is 40.0 Å². The minimum Gasteiger partial charge on any atom is -0.384 e. The highest BCUT2D eigenvalue weighted by Gasteiger charge is 2.10. The predicted octanol–water partition coefficient (Wildman–Crippen LogP) is 3.53. The zero-order chi connectivity index (χ0) is 17.8. The number of nitrogens with two attached hydrogens (primary N) is 1. The molecule has 2 heterocycles. The van der Waals surface area contributed by atoms with Crippen LogP contribution in [-0.2, 0) is 4.79 Å². The number of aryl methyl sites for hydroxylation is 2. The molecule has 0 saturated heterocycles. The van der Waals surface area contributed by atoms with Crippen molar-refractivity contribution in [3.05, 3.63) is 47.0 Å². The number of aromatic nitrogens is 3. The van der Waals surface area contributed by atoms with Gasteiger partial charge in [0.15, 0.2) is 10.3 Å². The molecular formula is C17H17N5OS2. The summed E-state index contributed by atoms with van der Waals surface area (Å²) in [6.45, 7) is 3.88. The molecule has 0 spiro atoms. The van der Waals surface area contributed by atoms with Crippen LogP contribution >= 0.6 is 23.1 Å². The van der Waals surface area contributed by atoms with E-state index in [9.17, 15) is 4.79 Å². The van der Waals surface area contributed by atoms with Crippen molar-refractivity contribution in [3.8, 4) is 11.3 Å². The molecule has 6 nitrogen and oxygen atoms in total. The van der Waals surface area contributed by atoms with Crippen LogP contribution in [0.5, 0.6) is 0 Å². The van der Waals surface area contributed by atoms with Gasteiger partial charge in [0, 0.05) is 22.7 Å². The Bertz CT molecular complexity index is 872. The SMILES string of the molecule is Cc1ccc(-c2csc(NC(=O)CSc3nc(C)cc(N)n3)n2)cc1. The molecule has 3 rings (SSSR count). The van der Waals surface area contributed by atoms with Crippen LogP contribution in [0.1, 0.15) is 11.3 Å². The number of anilines is 2. The third kappa shape index (κ3) is 4.77. The van der Waals surface area contributed by atoms with Gasteiger partial charge in [0.05, 0.1) is 11.4 Å². The van der Waals surface area contributed by atoms with Crippen molar-refractivity contribution in [2.75, 3.05) is 16.8 Å². The van der Waals surface area contributed by atoms with E-state index >= 15 is 0 Å². The van der Waals surface area contributed by atoms with Crippen LogP contribution in [0.2, 0.25) is 0 Å². The monoisotopic (exact) mass is 371 g/mol. The largest absolute Gasteiger partial charge is 0.384 e. The van der Waals surface area contributed by atoms with E-state index in [1.807, 2.05) is 43.5 Å². The van der Waals surface area contributed by atoms with Crippen LogP contribution in [0, 0.1) is 13.8 Å². The van der Waals surface area contributed by atoms with Crippen LogP contribution < -0.4 is 11.1 Å². The Morgan fingerprint density at radius 1 is 1.20 bits per heavy atom. The molecule has 0 aliphatic rings. The van der Waals surface area contributed by atoms with Gasteiger partial charge in [-0.2, -0.15) is 0 Å². The summed E-state index contributed by atoms with van der Waals surface area (Å²) in [6.07, 6.45) is 0. The van der Waals surface area contributed by atoms with Crippen LogP contribution in [0.4, 0.5) is 10.9 Å². The summed E-state index contributed by atoms with van der Waals surface area (Å²) >= 11 is 2.64. The third-order valence-corrected chi connectivity index (χ3v) is 4.89.